The molecule has 4 aromatic carbocycles. The van der Waals surface area contributed by atoms with Crippen LogP contribution in [0.25, 0.3) is 54.1 Å². The zero-order chi connectivity index (χ0) is 22.5. The number of pyridine rings is 2. The first-order chi connectivity index (χ1) is 15.9. The molecule has 5 heteroatoms. The third-order valence-corrected chi connectivity index (χ3v) is 7.69. The molecule has 0 spiro atoms. The summed E-state index contributed by atoms with van der Waals surface area (Å²) >= 11 is 0. The maximum atomic E-state index is 6.31. The lowest BCUT2D eigenvalue weighted by atomic mass is 9.83. The number of aromatic nitrogens is 2. The molecule has 0 bridgehead atoms. The molecule has 0 N–H and O–H groups in total. The predicted octanol–water partition coefficient (Wildman–Crippen LogP) is 5.98. The molecule has 33 heavy (non-hydrogen) atoms. The number of nitrogens with zero attached hydrogens (tertiary/aromatic N) is 2. The molecule has 0 radical (unpaired) electrons. The lowest BCUT2D eigenvalue weighted by molar-refractivity contribution is 0.00578. The van der Waals surface area contributed by atoms with Crippen molar-refractivity contribution in [2.75, 3.05) is 0 Å². The van der Waals surface area contributed by atoms with E-state index in [2.05, 4.69) is 76.2 Å². The van der Waals surface area contributed by atoms with E-state index in [0.717, 1.165) is 27.4 Å². The number of benzene rings is 4. The van der Waals surface area contributed by atoms with Gasteiger partial charge in [0.1, 0.15) is 0 Å². The monoisotopic (exact) mass is 430 g/mol. The summed E-state index contributed by atoms with van der Waals surface area (Å²) in [5.41, 5.74) is 2.03. The maximum absolute atomic E-state index is 6.31. The Hall–Kier alpha value is -3.28. The van der Waals surface area contributed by atoms with Gasteiger partial charge in [0, 0.05) is 38.5 Å². The van der Waals surface area contributed by atoms with Crippen LogP contribution in [-0.2, 0) is 9.31 Å². The first-order valence-electron chi connectivity index (χ1n) is 11.5. The van der Waals surface area contributed by atoms with Gasteiger partial charge in [-0.2, -0.15) is 0 Å². The highest BCUT2D eigenvalue weighted by Gasteiger charge is 2.52. The molecule has 0 aliphatic carbocycles. The number of rotatable bonds is 1. The third kappa shape index (κ3) is 2.44. The van der Waals surface area contributed by atoms with E-state index >= 15 is 0 Å². The van der Waals surface area contributed by atoms with Crippen LogP contribution in [0.15, 0.2) is 66.9 Å². The fraction of sp³-hybridized carbons (Fsp3) is 0.214. The molecule has 1 aliphatic rings. The van der Waals surface area contributed by atoms with Crippen LogP contribution < -0.4 is 5.59 Å². The van der Waals surface area contributed by atoms with Gasteiger partial charge in [-0.3, -0.25) is 9.97 Å². The second-order valence-corrected chi connectivity index (χ2v) is 10.1. The second kappa shape index (κ2) is 6.19. The molecule has 2 aromatic heterocycles. The zero-order valence-corrected chi connectivity index (χ0v) is 19.1. The van der Waals surface area contributed by atoms with Gasteiger partial charge >= 0.3 is 7.12 Å². The van der Waals surface area contributed by atoms with Crippen LogP contribution in [0.1, 0.15) is 27.7 Å². The van der Waals surface area contributed by atoms with Crippen molar-refractivity contribution in [1.29, 1.82) is 0 Å². The molecule has 0 saturated carbocycles. The Morgan fingerprint density at radius 2 is 1.15 bits per heavy atom. The summed E-state index contributed by atoms with van der Waals surface area (Å²) in [6, 6.07) is 21.4. The fourth-order valence-electron chi connectivity index (χ4n) is 5.32. The average molecular weight is 430 g/mol. The van der Waals surface area contributed by atoms with Gasteiger partial charge in [0.2, 0.25) is 0 Å². The van der Waals surface area contributed by atoms with Crippen LogP contribution in [0, 0.1) is 0 Å². The van der Waals surface area contributed by atoms with E-state index in [1.807, 2.05) is 18.3 Å². The standard InChI is InChI=1S/C28H23BN2O2/c1-27(2)28(3,4)33-29(32-27)22-14-13-19-17-9-5-10-20-23(17)24-16(18-12-7-15-30-25(18)20)8-6-11-21(24)26(19)31-22/h5-15H,1-4H3. The first-order valence-corrected chi connectivity index (χ1v) is 11.5. The predicted molar refractivity (Wildman–Crippen MR) is 136 cm³/mol. The largest absolute Gasteiger partial charge is 0.514 e. The third-order valence-electron chi connectivity index (χ3n) is 7.69. The van der Waals surface area contributed by atoms with Crippen LogP contribution in [-0.4, -0.2) is 28.3 Å². The van der Waals surface area contributed by atoms with Crippen molar-refractivity contribution in [2.24, 2.45) is 0 Å². The summed E-state index contributed by atoms with van der Waals surface area (Å²) in [7, 11) is -0.488. The summed E-state index contributed by atoms with van der Waals surface area (Å²) in [5.74, 6) is 0. The highest BCUT2D eigenvalue weighted by Crippen LogP contribution is 2.43. The van der Waals surface area contributed by atoms with E-state index in [1.54, 1.807) is 0 Å². The number of hydrogen-bond acceptors (Lipinski definition) is 4. The Kier molecular flexibility index (Phi) is 3.60. The molecule has 1 aliphatic heterocycles. The van der Waals surface area contributed by atoms with E-state index in [4.69, 9.17) is 19.3 Å². The molecule has 0 atom stereocenters. The fourth-order valence-corrected chi connectivity index (χ4v) is 5.32. The van der Waals surface area contributed by atoms with Crippen LogP contribution in [0.3, 0.4) is 0 Å². The van der Waals surface area contributed by atoms with Crippen molar-refractivity contribution in [3.05, 3.63) is 66.9 Å². The molecule has 1 fully saturated rings. The van der Waals surface area contributed by atoms with E-state index in [0.29, 0.717) is 0 Å². The van der Waals surface area contributed by atoms with Crippen molar-refractivity contribution in [3.63, 3.8) is 0 Å². The van der Waals surface area contributed by atoms with Crippen molar-refractivity contribution >= 4 is 66.8 Å². The van der Waals surface area contributed by atoms with Crippen LogP contribution >= 0.6 is 0 Å². The lowest BCUT2D eigenvalue weighted by Gasteiger charge is -2.32. The van der Waals surface area contributed by atoms with Gasteiger partial charge in [-0.15, -0.1) is 0 Å². The first kappa shape index (κ1) is 19.2. The zero-order valence-electron chi connectivity index (χ0n) is 19.1. The Morgan fingerprint density at radius 1 is 0.606 bits per heavy atom. The average Bonchev–Trinajstić information content (AvgIpc) is 3.05. The van der Waals surface area contributed by atoms with E-state index in [9.17, 15) is 0 Å². The van der Waals surface area contributed by atoms with Gasteiger partial charge in [-0.1, -0.05) is 48.5 Å². The van der Waals surface area contributed by atoms with E-state index in [1.165, 1.54) is 32.3 Å². The van der Waals surface area contributed by atoms with Crippen LogP contribution in [0.5, 0.6) is 0 Å². The summed E-state index contributed by atoms with van der Waals surface area (Å²) < 4.78 is 12.6. The van der Waals surface area contributed by atoms with E-state index in [-0.39, 0.29) is 0 Å². The molecular weight excluding hydrogens is 407 g/mol. The number of fused-ring (bicyclic) bond motifs is 6. The highest BCUT2D eigenvalue weighted by molar-refractivity contribution is 6.61. The number of hydrogen-bond donors (Lipinski definition) is 0. The molecule has 3 heterocycles. The molecule has 4 nitrogen and oxygen atoms in total. The van der Waals surface area contributed by atoms with E-state index < -0.39 is 18.3 Å². The summed E-state index contributed by atoms with van der Waals surface area (Å²) in [6.45, 7) is 8.29. The molecule has 1 saturated heterocycles. The summed E-state index contributed by atoms with van der Waals surface area (Å²) in [4.78, 5) is 9.91. The molecule has 160 valence electrons. The van der Waals surface area contributed by atoms with Gasteiger partial charge in [0.25, 0.3) is 0 Å². The van der Waals surface area contributed by atoms with Crippen molar-refractivity contribution in [1.82, 2.24) is 9.97 Å². The molecule has 7 rings (SSSR count). The van der Waals surface area contributed by atoms with Crippen LogP contribution in [0.4, 0.5) is 0 Å². The SMILES string of the molecule is CC1(C)OB(c2ccc3c4cccc5c6ncccc6c6cccc(c3n2)c6c45)OC1(C)C. The Morgan fingerprint density at radius 3 is 1.82 bits per heavy atom. The molecule has 0 unspecified atom stereocenters. The minimum atomic E-state index is -0.488. The van der Waals surface area contributed by atoms with Gasteiger partial charge in [-0.05, 0) is 50.6 Å². The van der Waals surface area contributed by atoms with Crippen molar-refractivity contribution < 1.29 is 9.31 Å². The summed E-state index contributed by atoms with van der Waals surface area (Å²) in [6.07, 6.45) is 1.88. The normalized spacial score (nSPS) is 17.9. The van der Waals surface area contributed by atoms with Gasteiger partial charge in [0.05, 0.1) is 27.8 Å². The van der Waals surface area contributed by atoms with Crippen molar-refractivity contribution in [2.45, 2.75) is 38.9 Å². The second-order valence-electron chi connectivity index (χ2n) is 10.1. The van der Waals surface area contributed by atoms with Gasteiger partial charge < -0.3 is 9.31 Å². The molecule has 6 aromatic rings. The Balaban J connectivity index is 1.61. The van der Waals surface area contributed by atoms with Crippen molar-refractivity contribution in [3.8, 4) is 0 Å². The Bertz CT molecular complexity index is 1730. The smallest absolute Gasteiger partial charge is 0.398 e. The minimum Gasteiger partial charge on any atom is -0.398 e. The lowest BCUT2D eigenvalue weighted by Crippen LogP contribution is -2.41. The highest BCUT2D eigenvalue weighted by atomic mass is 16.7. The maximum Gasteiger partial charge on any atom is 0.514 e. The van der Waals surface area contributed by atoms with Crippen LogP contribution in [0.2, 0.25) is 0 Å². The topological polar surface area (TPSA) is 44.2 Å². The summed E-state index contributed by atoms with van der Waals surface area (Å²) in [5, 5.41) is 9.55. The quantitative estimate of drug-likeness (QED) is 0.183. The molecule has 0 amide bonds. The van der Waals surface area contributed by atoms with Gasteiger partial charge in [-0.25, -0.2) is 0 Å². The minimum absolute atomic E-state index is 0.403. The molecular formula is C28H23BN2O2. The van der Waals surface area contributed by atoms with Gasteiger partial charge in [0.15, 0.2) is 0 Å². The Labute approximate surface area is 192 Å².